The zero-order chi connectivity index (χ0) is 20.7. The minimum atomic E-state index is -5.21. The fourth-order valence-electron chi connectivity index (χ4n) is 2.94. The number of nitrogens with one attached hydrogen (secondary N) is 1. The summed E-state index contributed by atoms with van der Waals surface area (Å²) in [5.74, 6) is -4.68. The molecular weight excluding hydrogens is 426 g/mol. The summed E-state index contributed by atoms with van der Waals surface area (Å²) in [4.78, 5) is 30.9. The number of fused-ring (bicyclic) bond motifs is 2. The van der Waals surface area contributed by atoms with Crippen LogP contribution < -0.4 is 11.2 Å². The maximum atomic E-state index is 14.3. The van der Waals surface area contributed by atoms with E-state index in [4.69, 9.17) is 15.1 Å². The van der Waals surface area contributed by atoms with Crippen molar-refractivity contribution in [1.29, 1.82) is 0 Å². The molecule has 2 aliphatic heterocycles. The first-order valence-electron chi connectivity index (χ1n) is 7.85. The van der Waals surface area contributed by atoms with Crippen molar-refractivity contribution < 1.29 is 40.5 Å². The molecule has 0 radical (unpaired) electrons. The van der Waals surface area contributed by atoms with Gasteiger partial charge in [0, 0.05) is 11.3 Å². The molecule has 4 N–H and O–H groups in total. The SMILES string of the molecule is NC(CONC(=O)[C@@H]1CC(F)(F)[C@@H]2CN1C(=O)N2OS(=O)(=O)O)c1cccs1. The van der Waals surface area contributed by atoms with Crippen molar-refractivity contribution in [2.45, 2.75) is 30.5 Å². The molecule has 3 amide bonds. The second-order valence-electron chi connectivity index (χ2n) is 6.16. The summed E-state index contributed by atoms with van der Waals surface area (Å²) in [7, 11) is -5.21. The fraction of sp³-hybridized carbons (Fsp3) is 0.538. The molecule has 28 heavy (non-hydrogen) atoms. The van der Waals surface area contributed by atoms with Gasteiger partial charge in [-0.3, -0.25) is 14.2 Å². The van der Waals surface area contributed by atoms with Gasteiger partial charge < -0.3 is 10.6 Å². The van der Waals surface area contributed by atoms with E-state index in [1.165, 1.54) is 11.3 Å². The normalized spacial score (nSPS) is 25.1. The summed E-state index contributed by atoms with van der Waals surface area (Å²) >= 11 is 1.37. The number of nitrogens with zero attached hydrogens (tertiary/aromatic N) is 2. The number of nitrogens with two attached hydrogens (primary N) is 1. The number of carbonyl (C=O) groups is 2. The van der Waals surface area contributed by atoms with Crippen molar-refractivity contribution in [1.82, 2.24) is 15.4 Å². The van der Waals surface area contributed by atoms with Crippen molar-refractivity contribution in [3.63, 3.8) is 0 Å². The average Bonchev–Trinajstić information content (AvgIpc) is 3.20. The molecule has 1 aromatic rings. The molecule has 1 aromatic heterocycles. The van der Waals surface area contributed by atoms with E-state index in [1.54, 1.807) is 17.5 Å². The van der Waals surface area contributed by atoms with Crippen LogP contribution in [0.2, 0.25) is 0 Å². The standard InChI is InChI=1S/C13H16F2N4O7S2/c14-13(15)4-8(11(20)17-25-6-7(16)9-2-1-3-27-9)18-5-10(13)19(12(18)21)26-28(22,23)24/h1-3,7-8,10H,4-6,16H2,(H,17,20)(H,22,23,24)/t7?,8-,10-/m0/s1. The van der Waals surface area contributed by atoms with Crippen molar-refractivity contribution in [3.05, 3.63) is 22.4 Å². The second kappa shape index (κ2) is 7.49. The van der Waals surface area contributed by atoms with Crippen LogP contribution in [0, 0.1) is 0 Å². The molecule has 2 aliphatic rings. The van der Waals surface area contributed by atoms with Crippen LogP contribution >= 0.6 is 11.3 Å². The highest BCUT2D eigenvalue weighted by Gasteiger charge is 2.62. The smallest absolute Gasteiger partial charge is 0.321 e. The molecule has 0 aromatic carbocycles. The lowest BCUT2D eigenvalue weighted by molar-refractivity contribution is -0.159. The Kier molecular flexibility index (Phi) is 5.57. The van der Waals surface area contributed by atoms with Crippen molar-refractivity contribution in [2.24, 2.45) is 5.73 Å². The Morgan fingerprint density at radius 2 is 2.25 bits per heavy atom. The van der Waals surface area contributed by atoms with Gasteiger partial charge in [-0.2, -0.15) is 13.5 Å². The van der Waals surface area contributed by atoms with E-state index < -0.39 is 59.4 Å². The number of hydrogen-bond donors (Lipinski definition) is 3. The number of hydrogen-bond acceptors (Lipinski definition) is 8. The van der Waals surface area contributed by atoms with Gasteiger partial charge in [0.1, 0.15) is 12.1 Å². The molecule has 15 heteroatoms. The van der Waals surface area contributed by atoms with E-state index in [0.717, 1.165) is 4.88 Å². The summed E-state index contributed by atoms with van der Waals surface area (Å²) in [5, 5.41) is 1.66. The third-order valence-corrected chi connectivity index (χ3v) is 5.59. The van der Waals surface area contributed by atoms with Crippen LogP contribution in [0.5, 0.6) is 0 Å². The molecule has 2 bridgehead atoms. The van der Waals surface area contributed by atoms with E-state index in [9.17, 15) is 26.8 Å². The third kappa shape index (κ3) is 4.23. The number of rotatable bonds is 7. The minimum Gasteiger partial charge on any atom is -0.321 e. The number of carbonyl (C=O) groups excluding carboxylic acids is 2. The van der Waals surface area contributed by atoms with E-state index in [0.29, 0.717) is 4.90 Å². The van der Waals surface area contributed by atoms with Gasteiger partial charge in [-0.15, -0.1) is 15.6 Å². The van der Waals surface area contributed by atoms with Crippen molar-refractivity contribution in [3.8, 4) is 0 Å². The molecule has 156 valence electrons. The topological polar surface area (TPSA) is 151 Å². The number of urea groups is 1. The highest BCUT2D eigenvalue weighted by atomic mass is 32.3. The van der Waals surface area contributed by atoms with Crippen LogP contribution in [0.25, 0.3) is 0 Å². The van der Waals surface area contributed by atoms with Crippen LogP contribution in [0.3, 0.4) is 0 Å². The van der Waals surface area contributed by atoms with Gasteiger partial charge in [-0.1, -0.05) is 6.07 Å². The molecular formula is C13H16F2N4O7S2. The molecule has 1 unspecified atom stereocenters. The Morgan fingerprint density at radius 3 is 2.86 bits per heavy atom. The summed E-state index contributed by atoms with van der Waals surface area (Å²) in [6.45, 7) is -0.807. The number of amides is 3. The maximum Gasteiger partial charge on any atom is 0.418 e. The summed E-state index contributed by atoms with van der Waals surface area (Å²) < 4.78 is 62.9. The Labute approximate surface area is 161 Å². The summed E-state index contributed by atoms with van der Waals surface area (Å²) in [6.07, 6.45) is -1.08. The molecule has 3 rings (SSSR count). The van der Waals surface area contributed by atoms with Crippen molar-refractivity contribution >= 4 is 33.7 Å². The maximum absolute atomic E-state index is 14.3. The van der Waals surface area contributed by atoms with Gasteiger partial charge in [-0.25, -0.2) is 19.1 Å². The molecule has 0 aliphatic carbocycles. The molecule has 11 nitrogen and oxygen atoms in total. The second-order valence-corrected chi connectivity index (χ2v) is 8.14. The van der Waals surface area contributed by atoms with Crippen LogP contribution in [-0.4, -0.2) is 66.0 Å². The largest absolute Gasteiger partial charge is 0.418 e. The third-order valence-electron chi connectivity index (χ3n) is 4.24. The predicted molar refractivity (Wildman–Crippen MR) is 89.1 cm³/mol. The number of halogens is 2. The quantitative estimate of drug-likeness (QED) is 0.396. The molecule has 2 saturated heterocycles. The van der Waals surface area contributed by atoms with Crippen LogP contribution in [0.1, 0.15) is 17.3 Å². The number of piperidine rings is 1. The predicted octanol–water partition coefficient (Wildman–Crippen LogP) is 0.0439. The van der Waals surface area contributed by atoms with Crippen LogP contribution in [0.15, 0.2) is 17.5 Å². The van der Waals surface area contributed by atoms with Gasteiger partial charge in [-0.05, 0) is 11.4 Å². The molecule has 3 heterocycles. The Hall–Kier alpha value is -1.91. The Morgan fingerprint density at radius 1 is 1.54 bits per heavy atom. The monoisotopic (exact) mass is 442 g/mol. The van der Waals surface area contributed by atoms with Crippen LogP contribution in [-0.2, 0) is 24.3 Å². The first-order valence-corrected chi connectivity index (χ1v) is 10.1. The molecule has 2 fully saturated rings. The number of alkyl halides is 2. The average molecular weight is 442 g/mol. The van der Waals surface area contributed by atoms with Gasteiger partial charge in [0.2, 0.25) is 0 Å². The van der Waals surface area contributed by atoms with E-state index in [2.05, 4.69) is 4.28 Å². The minimum absolute atomic E-state index is 0.135. The lowest BCUT2D eigenvalue weighted by atomic mass is 9.96. The summed E-state index contributed by atoms with van der Waals surface area (Å²) in [6, 6.07) is -1.92. The van der Waals surface area contributed by atoms with Gasteiger partial charge in [0.15, 0.2) is 0 Å². The highest BCUT2D eigenvalue weighted by molar-refractivity contribution is 7.80. The van der Waals surface area contributed by atoms with E-state index in [-0.39, 0.29) is 11.7 Å². The van der Waals surface area contributed by atoms with Crippen molar-refractivity contribution in [2.75, 3.05) is 13.2 Å². The summed E-state index contributed by atoms with van der Waals surface area (Å²) in [5.41, 5.74) is 7.83. The molecule has 3 atom stereocenters. The lowest BCUT2D eigenvalue weighted by Crippen LogP contribution is -2.56. The van der Waals surface area contributed by atoms with Crippen LogP contribution in [0.4, 0.5) is 13.6 Å². The molecule has 0 saturated carbocycles. The van der Waals surface area contributed by atoms with E-state index in [1.807, 2.05) is 5.48 Å². The highest BCUT2D eigenvalue weighted by Crippen LogP contribution is 2.41. The molecule has 0 spiro atoms. The first-order chi connectivity index (χ1) is 13.0. The van der Waals surface area contributed by atoms with E-state index >= 15 is 0 Å². The van der Waals surface area contributed by atoms with Gasteiger partial charge >= 0.3 is 16.4 Å². The zero-order valence-corrected chi connectivity index (χ0v) is 15.7. The zero-order valence-electron chi connectivity index (χ0n) is 14.0. The number of hydroxylamine groups is 3. The van der Waals surface area contributed by atoms with Gasteiger partial charge in [0.05, 0.1) is 19.2 Å². The Bertz CT molecular complexity index is 851. The lowest BCUT2D eigenvalue weighted by Gasteiger charge is -2.34. The Balaban J connectivity index is 1.64. The first kappa shape index (κ1) is 20.8. The number of thiophene rings is 1. The van der Waals surface area contributed by atoms with Gasteiger partial charge in [0.25, 0.3) is 11.8 Å². The fourth-order valence-corrected chi connectivity index (χ4v) is 4.03.